The smallest absolute Gasteiger partial charge is 0.339 e. The van der Waals surface area contributed by atoms with E-state index in [1.165, 1.54) is 0 Å². The minimum atomic E-state index is -2.93. The number of hydrogen-bond donors (Lipinski definition) is 2. The van der Waals surface area contributed by atoms with Crippen LogP contribution in [0.15, 0.2) is 6.07 Å². The number of nitrogens with zero attached hydrogens (tertiary/aromatic N) is 1. The summed E-state index contributed by atoms with van der Waals surface area (Å²) >= 11 is 5.47. The lowest BCUT2D eigenvalue weighted by Crippen LogP contribution is -2.09. The summed E-state index contributed by atoms with van der Waals surface area (Å²) in [6, 6.07) is 0.944. The van der Waals surface area contributed by atoms with Crippen molar-refractivity contribution in [3.05, 3.63) is 28.0 Å². The molecule has 0 unspecified atom stereocenters. The van der Waals surface area contributed by atoms with Crippen molar-refractivity contribution in [2.24, 2.45) is 5.73 Å². The number of halogens is 3. The van der Waals surface area contributed by atoms with Crippen LogP contribution < -0.4 is 5.73 Å². The number of alkyl halides is 2. The molecule has 1 heterocycles. The number of pyridine rings is 1. The van der Waals surface area contributed by atoms with Crippen LogP contribution in [0.4, 0.5) is 8.78 Å². The van der Waals surface area contributed by atoms with Crippen LogP contribution in [0.5, 0.6) is 0 Å². The third-order valence-electron chi connectivity index (χ3n) is 1.72. The second-order valence-corrected chi connectivity index (χ2v) is 3.04. The van der Waals surface area contributed by atoms with E-state index >= 15 is 0 Å². The minimum Gasteiger partial charge on any atom is -0.478 e. The molecule has 0 saturated heterocycles. The maximum absolute atomic E-state index is 12.5. The highest BCUT2D eigenvalue weighted by Gasteiger charge is 2.23. The zero-order valence-corrected chi connectivity index (χ0v) is 8.13. The van der Waals surface area contributed by atoms with Crippen LogP contribution >= 0.6 is 11.6 Å². The first-order valence-corrected chi connectivity index (χ1v) is 4.26. The molecular weight excluding hydrogens is 230 g/mol. The quantitative estimate of drug-likeness (QED) is 0.785. The summed E-state index contributed by atoms with van der Waals surface area (Å²) in [5, 5.41) is 8.20. The summed E-state index contributed by atoms with van der Waals surface area (Å²) in [6.07, 6.45) is -2.93. The fraction of sp³-hybridized carbons (Fsp3) is 0.250. The van der Waals surface area contributed by atoms with E-state index < -0.39 is 28.7 Å². The third kappa shape index (κ3) is 2.40. The minimum absolute atomic E-state index is 0.0840. The normalized spacial score (nSPS) is 10.7. The zero-order chi connectivity index (χ0) is 11.6. The Morgan fingerprint density at radius 1 is 1.67 bits per heavy atom. The lowest BCUT2D eigenvalue weighted by atomic mass is 10.1. The molecule has 0 amide bonds. The van der Waals surface area contributed by atoms with Crippen LogP contribution in [-0.4, -0.2) is 16.1 Å². The van der Waals surface area contributed by atoms with Crippen LogP contribution in [0.2, 0.25) is 5.15 Å². The number of rotatable bonds is 3. The number of aromatic carboxylic acids is 1. The average Bonchev–Trinajstić information content (AvgIpc) is 2.15. The lowest BCUT2D eigenvalue weighted by molar-refractivity contribution is 0.0684. The molecule has 1 aromatic heterocycles. The van der Waals surface area contributed by atoms with E-state index in [1.54, 1.807) is 0 Å². The van der Waals surface area contributed by atoms with Crippen molar-refractivity contribution in [1.82, 2.24) is 4.98 Å². The molecule has 0 saturated carbocycles. The third-order valence-corrected chi connectivity index (χ3v) is 1.99. The Hall–Kier alpha value is -1.27. The highest BCUT2D eigenvalue weighted by atomic mass is 35.5. The van der Waals surface area contributed by atoms with Gasteiger partial charge in [-0.2, -0.15) is 0 Å². The summed E-state index contributed by atoms with van der Waals surface area (Å²) < 4.78 is 25.0. The summed E-state index contributed by atoms with van der Waals surface area (Å²) in [5.41, 5.74) is 3.98. The van der Waals surface area contributed by atoms with Crippen LogP contribution in [0, 0.1) is 0 Å². The summed E-state index contributed by atoms with van der Waals surface area (Å²) in [5.74, 6) is -1.54. The molecule has 0 spiro atoms. The molecule has 0 radical (unpaired) electrons. The van der Waals surface area contributed by atoms with Crippen molar-refractivity contribution in [1.29, 1.82) is 0 Å². The van der Waals surface area contributed by atoms with E-state index in [1.807, 2.05) is 0 Å². The maximum atomic E-state index is 12.5. The molecular formula is C8H7ClF2N2O2. The van der Waals surface area contributed by atoms with Gasteiger partial charge in [0.1, 0.15) is 10.7 Å². The van der Waals surface area contributed by atoms with Crippen molar-refractivity contribution >= 4 is 17.6 Å². The number of nitrogens with two attached hydrogens (primary N) is 1. The highest BCUT2D eigenvalue weighted by molar-refractivity contribution is 6.32. The predicted molar refractivity (Wildman–Crippen MR) is 49.1 cm³/mol. The van der Waals surface area contributed by atoms with Gasteiger partial charge in [-0.25, -0.2) is 18.6 Å². The molecule has 0 aromatic carbocycles. The van der Waals surface area contributed by atoms with Crippen molar-refractivity contribution in [2.75, 3.05) is 0 Å². The molecule has 0 fully saturated rings. The van der Waals surface area contributed by atoms with E-state index in [4.69, 9.17) is 22.4 Å². The highest BCUT2D eigenvalue weighted by Crippen LogP contribution is 2.28. The van der Waals surface area contributed by atoms with Crippen LogP contribution in [-0.2, 0) is 6.54 Å². The van der Waals surface area contributed by atoms with Crippen LogP contribution in [0.1, 0.15) is 28.0 Å². The molecule has 1 rings (SSSR count). The average molecular weight is 237 g/mol. The van der Waals surface area contributed by atoms with Gasteiger partial charge in [-0.1, -0.05) is 11.6 Å². The molecule has 0 aliphatic rings. The molecule has 15 heavy (non-hydrogen) atoms. The van der Waals surface area contributed by atoms with Crippen LogP contribution in [0.3, 0.4) is 0 Å². The Labute approximate surface area is 88.7 Å². The number of carbonyl (C=O) groups is 1. The first-order chi connectivity index (χ1) is 6.97. The van der Waals surface area contributed by atoms with Gasteiger partial charge in [0, 0.05) is 12.1 Å². The topological polar surface area (TPSA) is 76.2 Å². The molecule has 0 aliphatic heterocycles. The van der Waals surface area contributed by atoms with E-state index in [0.29, 0.717) is 0 Å². The molecule has 0 atom stereocenters. The van der Waals surface area contributed by atoms with Gasteiger partial charge in [0.25, 0.3) is 6.43 Å². The number of aromatic nitrogens is 1. The number of carboxylic acids is 1. The molecule has 0 aliphatic carbocycles. The molecule has 7 heteroatoms. The predicted octanol–water partition coefficient (Wildman–Crippen LogP) is 1.83. The number of hydrogen-bond acceptors (Lipinski definition) is 3. The fourth-order valence-electron chi connectivity index (χ4n) is 1.07. The Bertz CT molecular complexity index is 398. The van der Waals surface area contributed by atoms with Crippen molar-refractivity contribution in [3.63, 3.8) is 0 Å². The van der Waals surface area contributed by atoms with Gasteiger partial charge < -0.3 is 10.8 Å². The number of carboxylic acid groups (broad SMARTS) is 1. The summed E-state index contributed by atoms with van der Waals surface area (Å²) in [7, 11) is 0. The van der Waals surface area contributed by atoms with Gasteiger partial charge in [0.05, 0.1) is 5.69 Å². The van der Waals surface area contributed by atoms with E-state index in [9.17, 15) is 13.6 Å². The van der Waals surface area contributed by atoms with Crippen molar-refractivity contribution in [3.8, 4) is 0 Å². The molecule has 3 N–H and O–H groups in total. The zero-order valence-electron chi connectivity index (χ0n) is 7.38. The van der Waals surface area contributed by atoms with Crippen LogP contribution in [0.25, 0.3) is 0 Å². The van der Waals surface area contributed by atoms with Gasteiger partial charge >= 0.3 is 5.97 Å². The largest absolute Gasteiger partial charge is 0.478 e. The Morgan fingerprint density at radius 2 is 2.27 bits per heavy atom. The van der Waals surface area contributed by atoms with E-state index in [-0.39, 0.29) is 12.2 Å². The van der Waals surface area contributed by atoms with E-state index in [0.717, 1.165) is 6.07 Å². The summed E-state index contributed by atoms with van der Waals surface area (Å²) in [4.78, 5) is 14.2. The van der Waals surface area contributed by atoms with Gasteiger partial charge in [-0.15, -0.1) is 0 Å². The molecule has 1 aromatic rings. The first kappa shape index (κ1) is 11.8. The standard InChI is InChI=1S/C8H7ClF2N2O2/c9-6-5(8(14)15)4(7(10)11)1-3(2-12)13-6/h1,7H,2,12H2,(H,14,15). The second kappa shape index (κ2) is 4.50. The molecule has 0 bridgehead atoms. The van der Waals surface area contributed by atoms with Gasteiger partial charge in [0.2, 0.25) is 0 Å². The second-order valence-electron chi connectivity index (χ2n) is 2.68. The van der Waals surface area contributed by atoms with Crippen molar-refractivity contribution < 1.29 is 18.7 Å². The Balaban J connectivity index is 3.42. The van der Waals surface area contributed by atoms with Crippen molar-refractivity contribution in [2.45, 2.75) is 13.0 Å². The Morgan fingerprint density at radius 3 is 2.67 bits per heavy atom. The van der Waals surface area contributed by atoms with E-state index in [2.05, 4.69) is 4.98 Å². The van der Waals surface area contributed by atoms with Gasteiger partial charge in [0.15, 0.2) is 0 Å². The first-order valence-electron chi connectivity index (χ1n) is 3.88. The monoisotopic (exact) mass is 236 g/mol. The maximum Gasteiger partial charge on any atom is 0.339 e. The molecule has 4 nitrogen and oxygen atoms in total. The van der Waals surface area contributed by atoms with Gasteiger partial charge in [-0.05, 0) is 6.07 Å². The summed E-state index contributed by atoms with van der Waals surface area (Å²) in [6.45, 7) is -0.0840. The SMILES string of the molecule is NCc1cc(C(F)F)c(C(=O)O)c(Cl)n1. The van der Waals surface area contributed by atoms with Gasteiger partial charge in [-0.3, -0.25) is 0 Å². The Kier molecular flexibility index (Phi) is 3.54. The fourth-order valence-corrected chi connectivity index (χ4v) is 1.37. The molecule has 82 valence electrons. The lowest BCUT2D eigenvalue weighted by Gasteiger charge is -2.08.